The van der Waals surface area contributed by atoms with Crippen molar-refractivity contribution in [2.24, 2.45) is 0 Å². The van der Waals surface area contributed by atoms with Crippen molar-refractivity contribution in [3.63, 3.8) is 0 Å². The third-order valence-corrected chi connectivity index (χ3v) is 3.67. The van der Waals surface area contributed by atoms with Crippen LogP contribution in [0.2, 0.25) is 0 Å². The number of rotatable bonds is 4. The summed E-state index contributed by atoms with van der Waals surface area (Å²) < 4.78 is 11.0. The van der Waals surface area contributed by atoms with Crippen molar-refractivity contribution in [3.8, 4) is 11.6 Å². The Balaban J connectivity index is 1.99. The molecule has 0 radical (unpaired) electrons. The van der Waals surface area contributed by atoms with Crippen LogP contribution in [0.15, 0.2) is 24.5 Å². The first-order valence-electron chi connectivity index (χ1n) is 7.63. The summed E-state index contributed by atoms with van der Waals surface area (Å²) in [6.07, 6.45) is 1.29. The molecule has 1 fully saturated rings. The second-order valence-corrected chi connectivity index (χ2v) is 5.63. The van der Waals surface area contributed by atoms with Crippen LogP contribution < -0.4 is 9.64 Å². The second-order valence-electron chi connectivity index (χ2n) is 5.63. The number of nitrogens with zero attached hydrogens (tertiary/aromatic N) is 4. The van der Waals surface area contributed by atoms with Crippen molar-refractivity contribution >= 4 is 11.5 Å². The molecular formula is C16H18N4O4. The molecule has 0 aliphatic carbocycles. The molecule has 0 saturated carbocycles. The highest BCUT2D eigenvalue weighted by atomic mass is 16.6. The Hall–Kier alpha value is -2.74. The molecule has 8 nitrogen and oxygen atoms in total. The highest BCUT2D eigenvalue weighted by molar-refractivity contribution is 5.63. The fourth-order valence-electron chi connectivity index (χ4n) is 2.70. The van der Waals surface area contributed by atoms with E-state index in [-0.39, 0.29) is 17.4 Å². The van der Waals surface area contributed by atoms with Crippen molar-refractivity contribution in [3.05, 3.63) is 45.8 Å². The average Bonchev–Trinajstić information content (AvgIpc) is 2.54. The van der Waals surface area contributed by atoms with Gasteiger partial charge in [0.2, 0.25) is 5.82 Å². The number of morpholine rings is 1. The number of anilines is 1. The molecule has 0 spiro atoms. The molecule has 8 heteroatoms. The third-order valence-electron chi connectivity index (χ3n) is 3.67. The summed E-state index contributed by atoms with van der Waals surface area (Å²) in [5.41, 5.74) is 1.80. The van der Waals surface area contributed by atoms with Gasteiger partial charge in [-0.25, -0.2) is 4.98 Å². The molecular weight excluding hydrogens is 312 g/mol. The zero-order valence-electron chi connectivity index (χ0n) is 13.6. The van der Waals surface area contributed by atoms with E-state index in [1.807, 2.05) is 36.9 Å². The van der Waals surface area contributed by atoms with Gasteiger partial charge in [-0.1, -0.05) is 6.07 Å². The van der Waals surface area contributed by atoms with E-state index < -0.39 is 4.92 Å². The fourth-order valence-corrected chi connectivity index (χ4v) is 2.70. The van der Waals surface area contributed by atoms with E-state index in [0.29, 0.717) is 32.1 Å². The Morgan fingerprint density at radius 1 is 1.17 bits per heavy atom. The van der Waals surface area contributed by atoms with Gasteiger partial charge >= 0.3 is 11.6 Å². The van der Waals surface area contributed by atoms with E-state index in [0.717, 1.165) is 11.1 Å². The number of aryl methyl sites for hydroxylation is 2. The fraction of sp³-hybridized carbons (Fsp3) is 0.375. The van der Waals surface area contributed by atoms with E-state index in [1.165, 1.54) is 6.33 Å². The molecule has 3 rings (SSSR count). The number of hydrogen-bond acceptors (Lipinski definition) is 7. The highest BCUT2D eigenvalue weighted by Gasteiger charge is 2.29. The number of aromatic nitrogens is 2. The topological polar surface area (TPSA) is 90.6 Å². The van der Waals surface area contributed by atoms with Gasteiger partial charge in [-0.05, 0) is 37.1 Å². The molecule has 1 aromatic heterocycles. The van der Waals surface area contributed by atoms with Gasteiger partial charge in [0.25, 0.3) is 0 Å². The minimum absolute atomic E-state index is 0.0542. The van der Waals surface area contributed by atoms with E-state index in [2.05, 4.69) is 9.97 Å². The molecule has 1 aliphatic heterocycles. The van der Waals surface area contributed by atoms with Crippen LogP contribution in [0, 0.1) is 24.0 Å². The lowest BCUT2D eigenvalue weighted by molar-refractivity contribution is -0.385. The molecule has 24 heavy (non-hydrogen) atoms. The molecule has 1 aliphatic rings. The Morgan fingerprint density at radius 3 is 2.46 bits per heavy atom. The van der Waals surface area contributed by atoms with Crippen LogP contribution in [0.4, 0.5) is 11.5 Å². The van der Waals surface area contributed by atoms with Crippen LogP contribution in [0.3, 0.4) is 0 Å². The summed E-state index contributed by atoms with van der Waals surface area (Å²) in [6, 6.07) is 5.63. The highest BCUT2D eigenvalue weighted by Crippen LogP contribution is 2.36. The number of benzene rings is 1. The summed E-state index contributed by atoms with van der Waals surface area (Å²) >= 11 is 0. The summed E-state index contributed by atoms with van der Waals surface area (Å²) in [5, 5.41) is 11.6. The smallest absolute Gasteiger partial charge is 0.373 e. The molecule has 0 amide bonds. The van der Waals surface area contributed by atoms with E-state index >= 15 is 0 Å². The molecule has 0 unspecified atom stereocenters. The van der Waals surface area contributed by atoms with Crippen LogP contribution in [0.25, 0.3) is 0 Å². The quantitative estimate of drug-likeness (QED) is 0.628. The van der Waals surface area contributed by atoms with Crippen molar-refractivity contribution in [1.29, 1.82) is 0 Å². The first-order chi connectivity index (χ1) is 11.5. The Kier molecular flexibility index (Phi) is 4.57. The van der Waals surface area contributed by atoms with Gasteiger partial charge in [0.15, 0.2) is 0 Å². The minimum atomic E-state index is -0.497. The maximum absolute atomic E-state index is 11.6. The van der Waals surface area contributed by atoms with Crippen molar-refractivity contribution < 1.29 is 14.4 Å². The molecule has 1 aromatic carbocycles. The largest absolute Gasteiger partial charge is 0.434 e. The van der Waals surface area contributed by atoms with Gasteiger partial charge in [-0.2, -0.15) is 4.98 Å². The summed E-state index contributed by atoms with van der Waals surface area (Å²) in [4.78, 5) is 21.0. The molecule has 2 heterocycles. The standard InChI is InChI=1S/C16H18N4O4/c1-11-7-12(2)9-13(8-11)24-16-14(20(21)22)15(17-10-18-16)19-3-5-23-6-4-19/h7-10H,3-6H2,1-2H3. The van der Waals surface area contributed by atoms with Crippen molar-refractivity contribution in [2.45, 2.75) is 13.8 Å². The Bertz CT molecular complexity index is 739. The van der Waals surface area contributed by atoms with Crippen LogP contribution in [0.1, 0.15) is 11.1 Å². The normalized spacial score (nSPS) is 14.5. The lowest BCUT2D eigenvalue weighted by Gasteiger charge is -2.27. The summed E-state index contributed by atoms with van der Waals surface area (Å²) in [7, 11) is 0. The zero-order chi connectivity index (χ0) is 17.1. The van der Waals surface area contributed by atoms with E-state index in [9.17, 15) is 10.1 Å². The van der Waals surface area contributed by atoms with Crippen LogP contribution >= 0.6 is 0 Å². The minimum Gasteiger partial charge on any atom is -0.434 e. The Morgan fingerprint density at radius 2 is 1.83 bits per heavy atom. The number of hydrogen-bond donors (Lipinski definition) is 0. The van der Waals surface area contributed by atoms with Gasteiger partial charge in [-0.15, -0.1) is 0 Å². The first-order valence-corrected chi connectivity index (χ1v) is 7.63. The summed E-state index contributed by atoms with van der Waals surface area (Å²) in [5.74, 6) is 0.724. The lowest BCUT2D eigenvalue weighted by atomic mass is 10.1. The molecule has 126 valence electrons. The monoisotopic (exact) mass is 330 g/mol. The van der Waals surface area contributed by atoms with Crippen molar-refractivity contribution in [1.82, 2.24) is 9.97 Å². The predicted octanol–water partition coefficient (Wildman–Crippen LogP) is 2.63. The van der Waals surface area contributed by atoms with Gasteiger partial charge in [-0.3, -0.25) is 10.1 Å². The maximum Gasteiger partial charge on any atom is 0.373 e. The molecule has 0 bridgehead atoms. The van der Waals surface area contributed by atoms with Gasteiger partial charge < -0.3 is 14.4 Å². The van der Waals surface area contributed by atoms with E-state index in [4.69, 9.17) is 9.47 Å². The molecule has 0 atom stereocenters. The van der Waals surface area contributed by atoms with E-state index in [1.54, 1.807) is 0 Å². The molecule has 0 N–H and O–H groups in total. The molecule has 1 saturated heterocycles. The van der Waals surface area contributed by atoms with Crippen molar-refractivity contribution in [2.75, 3.05) is 31.2 Å². The first kappa shape index (κ1) is 16.1. The SMILES string of the molecule is Cc1cc(C)cc(Oc2ncnc(N3CCOCC3)c2[N+](=O)[O-])c1. The van der Waals surface area contributed by atoms with Crippen LogP contribution in [-0.4, -0.2) is 41.2 Å². The summed E-state index contributed by atoms with van der Waals surface area (Å²) in [6.45, 7) is 5.98. The molecule has 2 aromatic rings. The lowest BCUT2D eigenvalue weighted by Crippen LogP contribution is -2.37. The maximum atomic E-state index is 11.6. The number of nitro groups is 1. The zero-order valence-corrected chi connectivity index (χ0v) is 13.6. The third kappa shape index (κ3) is 3.43. The van der Waals surface area contributed by atoms with Gasteiger partial charge in [0.05, 0.1) is 18.1 Å². The van der Waals surface area contributed by atoms with Crippen LogP contribution in [0.5, 0.6) is 11.6 Å². The Labute approximate surface area is 139 Å². The second kappa shape index (κ2) is 6.79. The predicted molar refractivity (Wildman–Crippen MR) is 87.7 cm³/mol. The van der Waals surface area contributed by atoms with Gasteiger partial charge in [0, 0.05) is 13.1 Å². The average molecular weight is 330 g/mol. The number of ether oxygens (including phenoxy) is 2. The van der Waals surface area contributed by atoms with Gasteiger partial charge in [0.1, 0.15) is 12.1 Å². The van der Waals surface area contributed by atoms with Crippen LogP contribution in [-0.2, 0) is 4.74 Å².